The molecule has 2 bridgehead atoms. The Bertz CT molecular complexity index is 640. The lowest BCUT2D eigenvalue weighted by atomic mass is 9.67. The number of alkyl halides is 5. The van der Waals surface area contributed by atoms with Gasteiger partial charge in [0, 0.05) is 0 Å². The Morgan fingerprint density at radius 1 is 1.11 bits per heavy atom. The van der Waals surface area contributed by atoms with Crippen LogP contribution < -0.4 is 0 Å². The summed E-state index contributed by atoms with van der Waals surface area (Å²) in [7, 11) is 0. The lowest BCUT2D eigenvalue weighted by Gasteiger charge is -2.38. The lowest BCUT2D eigenvalue weighted by molar-refractivity contribution is -0.409. The van der Waals surface area contributed by atoms with E-state index in [1.54, 1.807) is 0 Å². The van der Waals surface area contributed by atoms with Gasteiger partial charge in [-0.2, -0.15) is 22.0 Å². The molecule has 2 N–H and O–H groups in total. The van der Waals surface area contributed by atoms with E-state index >= 15 is 0 Å². The van der Waals surface area contributed by atoms with Crippen LogP contribution >= 0.6 is 0 Å². The summed E-state index contributed by atoms with van der Waals surface area (Å²) >= 11 is 0. The van der Waals surface area contributed by atoms with E-state index in [2.05, 4.69) is 4.74 Å². The van der Waals surface area contributed by atoms with Crippen molar-refractivity contribution in [3.63, 3.8) is 0 Å². The summed E-state index contributed by atoms with van der Waals surface area (Å²) in [5, 5.41) is 18.8. The summed E-state index contributed by atoms with van der Waals surface area (Å²) < 4.78 is 75.0. The molecule has 4 fully saturated rings. The number of fused-ring (bicyclic) bond motifs is 5. The molecule has 4 rings (SSSR count). The molecule has 8 atom stereocenters. The summed E-state index contributed by atoms with van der Waals surface area (Å²) in [6.45, 7) is -0.976. The smallest absolute Gasteiger partial charge is 0.449 e. The highest BCUT2D eigenvalue weighted by Gasteiger charge is 2.79. The highest BCUT2D eigenvalue weighted by atomic mass is 19.4. The summed E-state index contributed by atoms with van der Waals surface area (Å²) in [4.78, 5) is 12.5. The van der Waals surface area contributed by atoms with Gasteiger partial charge in [-0.25, -0.2) is 0 Å². The zero-order chi connectivity index (χ0) is 20.5. The van der Waals surface area contributed by atoms with Crippen LogP contribution in [0.4, 0.5) is 22.0 Å². The number of hydrogen-bond donors (Lipinski definition) is 2. The topological polar surface area (TPSA) is 76.0 Å². The highest BCUT2D eigenvalue weighted by Crippen LogP contribution is 2.60. The first-order valence-electron chi connectivity index (χ1n) is 9.67. The molecule has 0 spiro atoms. The molecule has 0 aromatic rings. The third kappa shape index (κ3) is 2.78. The van der Waals surface area contributed by atoms with Crippen molar-refractivity contribution in [2.45, 2.75) is 68.6 Å². The number of halogens is 5. The Hall–Kier alpha value is -1.00. The van der Waals surface area contributed by atoms with Crippen molar-refractivity contribution >= 4 is 5.97 Å². The maximum Gasteiger partial charge on any atom is 0.449 e. The zero-order valence-electron chi connectivity index (χ0n) is 15.0. The fourth-order valence-corrected chi connectivity index (χ4v) is 5.96. The van der Waals surface area contributed by atoms with E-state index in [4.69, 9.17) is 4.74 Å². The van der Waals surface area contributed by atoms with Crippen molar-refractivity contribution in [2.24, 2.45) is 29.6 Å². The van der Waals surface area contributed by atoms with E-state index in [0.29, 0.717) is 24.2 Å². The standard InChI is InChI=1S/C18H23F5O5/c19-16(20)14(24)13(28-17(16,26)18(21,22)23)7-27-15(25)12-6-8-5-11(12)10-4-2-1-3-9(8)10/h8-14,24,26H,1-7H2. The molecule has 1 heterocycles. The van der Waals surface area contributed by atoms with Crippen LogP contribution in [0, 0.1) is 29.6 Å². The van der Waals surface area contributed by atoms with Crippen LogP contribution in [0.15, 0.2) is 0 Å². The number of aliphatic hydroxyl groups is 2. The number of rotatable bonds is 3. The number of aliphatic hydroxyl groups excluding tert-OH is 1. The average Bonchev–Trinajstić information content (AvgIpc) is 3.27. The summed E-state index contributed by atoms with van der Waals surface area (Å²) in [5.74, 6) is -9.21. The normalized spacial score (nSPS) is 47.2. The van der Waals surface area contributed by atoms with E-state index in [9.17, 15) is 37.0 Å². The van der Waals surface area contributed by atoms with Gasteiger partial charge in [-0.3, -0.25) is 4.79 Å². The fourth-order valence-electron chi connectivity index (χ4n) is 5.96. The minimum atomic E-state index is -5.82. The van der Waals surface area contributed by atoms with E-state index in [-0.39, 0.29) is 5.92 Å². The molecule has 4 aliphatic rings. The molecule has 3 saturated carbocycles. The summed E-state index contributed by atoms with van der Waals surface area (Å²) in [6.07, 6.45) is -4.89. The van der Waals surface area contributed by atoms with Crippen molar-refractivity contribution in [1.82, 2.24) is 0 Å². The Kier molecular flexibility index (Phi) is 4.71. The Labute approximate surface area is 158 Å². The number of carbonyl (C=O) groups is 1. The predicted molar refractivity (Wildman–Crippen MR) is 82.9 cm³/mol. The maximum absolute atomic E-state index is 13.8. The number of esters is 1. The molecular weight excluding hydrogens is 391 g/mol. The van der Waals surface area contributed by atoms with Gasteiger partial charge in [0.1, 0.15) is 12.7 Å². The molecule has 3 aliphatic carbocycles. The van der Waals surface area contributed by atoms with Crippen LogP contribution in [0.5, 0.6) is 0 Å². The van der Waals surface area contributed by atoms with E-state index < -0.39 is 48.6 Å². The zero-order valence-corrected chi connectivity index (χ0v) is 15.0. The summed E-state index contributed by atoms with van der Waals surface area (Å²) in [5.41, 5.74) is 0. The van der Waals surface area contributed by atoms with Gasteiger partial charge in [-0.1, -0.05) is 12.8 Å². The lowest BCUT2D eigenvalue weighted by Crippen LogP contribution is -2.59. The summed E-state index contributed by atoms with van der Waals surface area (Å²) in [6, 6.07) is 0. The molecule has 1 aliphatic heterocycles. The van der Waals surface area contributed by atoms with Gasteiger partial charge in [-0.05, 0) is 49.4 Å². The quantitative estimate of drug-likeness (QED) is 0.549. The van der Waals surface area contributed by atoms with Gasteiger partial charge in [0.05, 0.1) is 5.92 Å². The van der Waals surface area contributed by atoms with E-state index in [1.165, 1.54) is 6.42 Å². The number of ether oxygens (including phenoxy) is 2. The first kappa shape index (κ1) is 20.3. The van der Waals surface area contributed by atoms with Crippen molar-refractivity contribution in [3.05, 3.63) is 0 Å². The molecule has 8 unspecified atom stereocenters. The van der Waals surface area contributed by atoms with Crippen molar-refractivity contribution in [3.8, 4) is 0 Å². The SMILES string of the molecule is O=C(OCC1OC(O)(C(F)(F)F)C(F)(F)C1O)C1CC2CC1C1CCCCC21. The largest absolute Gasteiger partial charge is 0.463 e. The van der Waals surface area contributed by atoms with E-state index in [1.807, 2.05) is 0 Å². The molecule has 5 nitrogen and oxygen atoms in total. The molecule has 0 radical (unpaired) electrons. The van der Waals surface area contributed by atoms with Crippen LogP contribution in [0.2, 0.25) is 0 Å². The Morgan fingerprint density at radius 2 is 1.75 bits per heavy atom. The molecule has 10 heteroatoms. The molecule has 0 aromatic heterocycles. The van der Waals surface area contributed by atoms with Crippen molar-refractivity contribution < 1.29 is 46.4 Å². The van der Waals surface area contributed by atoms with Gasteiger partial charge in [0.15, 0.2) is 6.10 Å². The van der Waals surface area contributed by atoms with Crippen LogP contribution in [-0.4, -0.2) is 52.9 Å². The predicted octanol–water partition coefficient (Wildman–Crippen LogP) is 2.64. The third-order valence-electron chi connectivity index (χ3n) is 7.25. The second kappa shape index (κ2) is 6.50. The number of carbonyl (C=O) groups excluding carboxylic acids is 1. The molecule has 0 amide bonds. The highest BCUT2D eigenvalue weighted by molar-refractivity contribution is 5.73. The Morgan fingerprint density at radius 3 is 2.36 bits per heavy atom. The van der Waals surface area contributed by atoms with Crippen molar-refractivity contribution in [2.75, 3.05) is 6.61 Å². The monoisotopic (exact) mass is 414 g/mol. The molecule has 160 valence electrons. The first-order chi connectivity index (χ1) is 13.0. The van der Waals surface area contributed by atoms with Crippen LogP contribution in [-0.2, 0) is 14.3 Å². The van der Waals surface area contributed by atoms with Crippen LogP contribution in [0.3, 0.4) is 0 Å². The Balaban J connectivity index is 1.38. The number of hydrogen-bond acceptors (Lipinski definition) is 5. The molecular formula is C18H23F5O5. The second-order valence-electron chi connectivity index (χ2n) is 8.61. The molecule has 0 aromatic carbocycles. The van der Waals surface area contributed by atoms with Crippen LogP contribution in [0.25, 0.3) is 0 Å². The molecule has 1 saturated heterocycles. The minimum Gasteiger partial charge on any atom is -0.463 e. The van der Waals surface area contributed by atoms with Gasteiger partial charge in [0.2, 0.25) is 0 Å². The van der Waals surface area contributed by atoms with Gasteiger partial charge < -0.3 is 19.7 Å². The molecule has 28 heavy (non-hydrogen) atoms. The van der Waals surface area contributed by atoms with Gasteiger partial charge in [0.25, 0.3) is 0 Å². The van der Waals surface area contributed by atoms with Crippen LogP contribution in [0.1, 0.15) is 38.5 Å². The third-order valence-corrected chi connectivity index (χ3v) is 7.25. The van der Waals surface area contributed by atoms with Crippen molar-refractivity contribution in [1.29, 1.82) is 0 Å². The average molecular weight is 414 g/mol. The fraction of sp³-hybridized carbons (Fsp3) is 0.944. The van der Waals surface area contributed by atoms with E-state index in [0.717, 1.165) is 25.7 Å². The van der Waals surface area contributed by atoms with Gasteiger partial charge >= 0.3 is 23.9 Å². The maximum atomic E-state index is 13.8. The minimum absolute atomic E-state index is 0.158. The first-order valence-corrected chi connectivity index (χ1v) is 9.67. The van der Waals surface area contributed by atoms with Gasteiger partial charge in [-0.15, -0.1) is 0 Å². The second-order valence-corrected chi connectivity index (χ2v) is 8.61.